The van der Waals surface area contributed by atoms with E-state index in [2.05, 4.69) is 0 Å². The summed E-state index contributed by atoms with van der Waals surface area (Å²) >= 11 is 0. The number of ether oxygens (including phenoxy) is 5. The summed E-state index contributed by atoms with van der Waals surface area (Å²) in [6, 6.07) is 9.18. The van der Waals surface area contributed by atoms with Crippen molar-refractivity contribution in [2.75, 3.05) is 6.61 Å². The number of carbonyl (C=O) groups excluding carboxylic acids is 3. The van der Waals surface area contributed by atoms with Gasteiger partial charge in [-0.05, 0) is 5.56 Å². The maximum absolute atomic E-state index is 11.5. The van der Waals surface area contributed by atoms with E-state index in [1.54, 1.807) is 0 Å². The lowest BCUT2D eigenvalue weighted by atomic mass is 9.98. The Bertz CT molecular complexity index is 675. The fourth-order valence-corrected chi connectivity index (χ4v) is 2.76. The molecule has 5 atom stereocenters. The van der Waals surface area contributed by atoms with Crippen LogP contribution in [0.2, 0.25) is 0 Å². The maximum atomic E-state index is 11.5. The van der Waals surface area contributed by atoms with Crippen molar-refractivity contribution in [3.8, 4) is 0 Å². The zero-order valence-electron chi connectivity index (χ0n) is 15.9. The highest BCUT2D eigenvalue weighted by molar-refractivity contribution is 5.67. The number of aliphatic hydroxyl groups excluding tert-OH is 1. The highest BCUT2D eigenvalue weighted by atomic mass is 16.7. The molecule has 154 valence electrons. The molecule has 9 nitrogen and oxygen atoms in total. The van der Waals surface area contributed by atoms with Gasteiger partial charge in [0, 0.05) is 20.8 Å². The summed E-state index contributed by atoms with van der Waals surface area (Å²) in [5.74, 6) is -1.91. The molecule has 1 fully saturated rings. The van der Waals surface area contributed by atoms with Gasteiger partial charge in [-0.25, -0.2) is 0 Å². The highest BCUT2D eigenvalue weighted by Crippen LogP contribution is 2.28. The molecule has 0 bridgehead atoms. The number of benzene rings is 1. The van der Waals surface area contributed by atoms with Crippen LogP contribution in [0.25, 0.3) is 0 Å². The van der Waals surface area contributed by atoms with Crippen LogP contribution in [-0.2, 0) is 44.7 Å². The van der Waals surface area contributed by atoms with Gasteiger partial charge in [-0.15, -0.1) is 0 Å². The van der Waals surface area contributed by atoms with Crippen LogP contribution in [0, 0.1) is 0 Å². The number of carbonyl (C=O) groups is 3. The number of esters is 3. The molecule has 0 saturated carbocycles. The quantitative estimate of drug-likeness (QED) is 0.525. The van der Waals surface area contributed by atoms with Crippen LogP contribution in [0.3, 0.4) is 0 Å². The lowest BCUT2D eigenvalue weighted by Gasteiger charge is -2.42. The van der Waals surface area contributed by atoms with Crippen LogP contribution in [0.4, 0.5) is 0 Å². The third-order valence-electron chi connectivity index (χ3n) is 3.93. The van der Waals surface area contributed by atoms with Crippen molar-refractivity contribution in [2.24, 2.45) is 0 Å². The van der Waals surface area contributed by atoms with Gasteiger partial charge in [0.05, 0.1) is 6.61 Å². The fourth-order valence-electron chi connectivity index (χ4n) is 2.76. The summed E-state index contributed by atoms with van der Waals surface area (Å²) in [6.45, 7) is 3.38. The zero-order valence-corrected chi connectivity index (χ0v) is 15.9. The van der Waals surface area contributed by atoms with Gasteiger partial charge in [0.1, 0.15) is 18.8 Å². The molecule has 1 aliphatic rings. The van der Waals surface area contributed by atoms with Gasteiger partial charge in [0.25, 0.3) is 0 Å². The van der Waals surface area contributed by atoms with E-state index in [-0.39, 0.29) is 13.2 Å². The molecule has 1 aromatic carbocycles. The molecule has 9 heteroatoms. The summed E-state index contributed by atoms with van der Waals surface area (Å²) in [5.41, 5.74) is 0.833. The van der Waals surface area contributed by atoms with E-state index in [9.17, 15) is 19.5 Å². The van der Waals surface area contributed by atoms with E-state index in [1.807, 2.05) is 30.3 Å². The average Bonchev–Trinajstić information content (AvgIpc) is 2.63. The second kappa shape index (κ2) is 10.2. The Kier molecular flexibility index (Phi) is 7.91. The minimum atomic E-state index is -1.40. The summed E-state index contributed by atoms with van der Waals surface area (Å²) in [4.78, 5) is 34.2. The third kappa shape index (κ3) is 6.29. The molecule has 1 aromatic rings. The predicted octanol–water partition coefficient (Wildman–Crippen LogP) is 0.715. The molecule has 0 amide bonds. The van der Waals surface area contributed by atoms with E-state index in [1.165, 1.54) is 13.8 Å². The van der Waals surface area contributed by atoms with Crippen molar-refractivity contribution in [2.45, 2.75) is 58.1 Å². The number of hydrogen-bond acceptors (Lipinski definition) is 9. The van der Waals surface area contributed by atoms with E-state index in [0.717, 1.165) is 12.5 Å². The maximum Gasteiger partial charge on any atom is 0.303 e. The van der Waals surface area contributed by atoms with Crippen LogP contribution in [-0.4, -0.2) is 60.3 Å². The molecule has 0 aliphatic carbocycles. The van der Waals surface area contributed by atoms with Gasteiger partial charge < -0.3 is 28.8 Å². The van der Waals surface area contributed by atoms with Crippen LogP contribution in [0.5, 0.6) is 0 Å². The normalized spacial score (nSPS) is 26.9. The molecular weight excluding hydrogens is 372 g/mol. The number of rotatable bonds is 7. The van der Waals surface area contributed by atoms with Gasteiger partial charge in [-0.1, -0.05) is 30.3 Å². The third-order valence-corrected chi connectivity index (χ3v) is 3.93. The van der Waals surface area contributed by atoms with Gasteiger partial charge in [-0.3, -0.25) is 14.4 Å². The molecule has 28 heavy (non-hydrogen) atoms. The zero-order chi connectivity index (χ0) is 20.7. The summed E-state index contributed by atoms with van der Waals surface area (Å²) in [6.07, 6.45) is -6.05. The monoisotopic (exact) mass is 396 g/mol. The van der Waals surface area contributed by atoms with Crippen molar-refractivity contribution < 1.29 is 43.2 Å². The van der Waals surface area contributed by atoms with Gasteiger partial charge >= 0.3 is 17.9 Å². The minimum Gasteiger partial charge on any atom is -0.463 e. The predicted molar refractivity (Wildman–Crippen MR) is 93.6 cm³/mol. The largest absolute Gasteiger partial charge is 0.463 e. The van der Waals surface area contributed by atoms with Crippen molar-refractivity contribution >= 4 is 17.9 Å². The molecule has 1 saturated heterocycles. The first kappa shape index (κ1) is 21.8. The molecule has 1 N–H and O–H groups in total. The van der Waals surface area contributed by atoms with Gasteiger partial charge in [0.2, 0.25) is 0 Å². The highest BCUT2D eigenvalue weighted by Gasteiger charge is 2.50. The van der Waals surface area contributed by atoms with Crippen molar-refractivity contribution in [1.82, 2.24) is 0 Å². The van der Waals surface area contributed by atoms with E-state index >= 15 is 0 Å². The van der Waals surface area contributed by atoms with Crippen molar-refractivity contribution in [1.29, 1.82) is 0 Å². The smallest absolute Gasteiger partial charge is 0.303 e. The summed E-state index contributed by atoms with van der Waals surface area (Å²) in [5, 5.41) is 10.5. The molecule has 0 spiro atoms. The lowest BCUT2D eigenvalue weighted by molar-refractivity contribution is -0.309. The molecule has 0 radical (unpaired) electrons. The Morgan fingerprint density at radius 3 is 2.14 bits per heavy atom. The van der Waals surface area contributed by atoms with Crippen molar-refractivity contribution in [3.63, 3.8) is 0 Å². The van der Waals surface area contributed by atoms with Crippen LogP contribution >= 0.6 is 0 Å². The Balaban J connectivity index is 2.22. The standard InChI is InChI=1S/C19H24O9/c1-11(20)24-10-15-16(23)17(26-12(2)21)18(27-13(3)22)19(28-15)25-9-14-7-5-4-6-8-14/h4-8,15-19,23H,9-10H2,1-3H3/t15-,16-,17+,18+,19+/m0/s1. The summed E-state index contributed by atoms with van der Waals surface area (Å²) in [7, 11) is 0. The van der Waals surface area contributed by atoms with E-state index in [4.69, 9.17) is 23.7 Å². The molecular formula is C19H24O9. The van der Waals surface area contributed by atoms with Gasteiger partial charge in [0.15, 0.2) is 18.5 Å². The Morgan fingerprint density at radius 1 is 0.964 bits per heavy atom. The van der Waals surface area contributed by atoms with Crippen LogP contribution in [0.15, 0.2) is 30.3 Å². The SMILES string of the molecule is CC(=O)OC[C@@H]1O[C@@H](OCc2ccccc2)[C@H](OC(C)=O)[C@H](OC(C)=O)[C@H]1O. The second-order valence-electron chi connectivity index (χ2n) is 6.28. The summed E-state index contributed by atoms with van der Waals surface area (Å²) < 4.78 is 26.7. The Hall–Kier alpha value is -2.49. The first-order chi connectivity index (χ1) is 13.3. The van der Waals surface area contributed by atoms with E-state index < -0.39 is 48.6 Å². The average molecular weight is 396 g/mol. The first-order valence-corrected chi connectivity index (χ1v) is 8.74. The van der Waals surface area contributed by atoms with Crippen LogP contribution < -0.4 is 0 Å². The molecule has 1 aliphatic heterocycles. The Morgan fingerprint density at radius 2 is 1.57 bits per heavy atom. The molecule has 2 rings (SSSR count). The Labute approximate surface area is 162 Å². The van der Waals surface area contributed by atoms with E-state index in [0.29, 0.717) is 0 Å². The topological polar surface area (TPSA) is 118 Å². The fraction of sp³-hybridized carbons (Fsp3) is 0.526. The number of aliphatic hydroxyl groups is 1. The number of hydrogen-bond donors (Lipinski definition) is 1. The molecule has 0 aromatic heterocycles. The molecule has 0 unspecified atom stereocenters. The van der Waals surface area contributed by atoms with Crippen LogP contribution in [0.1, 0.15) is 26.3 Å². The lowest BCUT2D eigenvalue weighted by Crippen LogP contribution is -2.61. The van der Waals surface area contributed by atoms with Gasteiger partial charge in [-0.2, -0.15) is 0 Å². The molecule has 1 heterocycles. The second-order valence-corrected chi connectivity index (χ2v) is 6.28. The first-order valence-electron chi connectivity index (χ1n) is 8.74. The minimum absolute atomic E-state index is 0.118. The van der Waals surface area contributed by atoms with Crippen molar-refractivity contribution in [3.05, 3.63) is 35.9 Å².